The fourth-order valence-electron chi connectivity index (χ4n) is 2.71. The summed E-state index contributed by atoms with van der Waals surface area (Å²) in [4.78, 5) is 26.7. The average molecular weight is 451 g/mol. The van der Waals surface area contributed by atoms with Crippen LogP contribution in [0.15, 0.2) is 54.7 Å². The van der Waals surface area contributed by atoms with Gasteiger partial charge < -0.3 is 19.6 Å². The molecule has 1 heterocycles. The summed E-state index contributed by atoms with van der Waals surface area (Å²) in [6.45, 7) is -0.0342. The van der Waals surface area contributed by atoms with Gasteiger partial charge in [0.25, 0.3) is 0 Å². The van der Waals surface area contributed by atoms with Crippen LogP contribution in [0.3, 0.4) is 0 Å². The Morgan fingerprint density at radius 3 is 2.63 bits per heavy atom. The first kappa shape index (κ1) is 21.4. The smallest absolute Gasteiger partial charge is 0.414 e. The van der Waals surface area contributed by atoms with E-state index >= 15 is 0 Å². The zero-order valence-electron chi connectivity index (χ0n) is 15.6. The molecule has 0 saturated carbocycles. The maximum atomic E-state index is 12.5. The zero-order valence-corrected chi connectivity index (χ0v) is 17.1. The van der Waals surface area contributed by atoms with E-state index in [1.54, 1.807) is 36.4 Å². The van der Waals surface area contributed by atoms with Crippen molar-refractivity contribution in [1.82, 2.24) is 9.55 Å². The third kappa shape index (κ3) is 5.19. The molecule has 156 valence electrons. The number of nitro groups is 1. The maximum Gasteiger partial charge on any atom is 0.414 e. The van der Waals surface area contributed by atoms with Gasteiger partial charge in [-0.2, -0.15) is 0 Å². The fraction of sp³-hybridized carbons (Fsp3) is 0.158. The van der Waals surface area contributed by atoms with Crippen LogP contribution in [0.5, 0.6) is 6.01 Å². The van der Waals surface area contributed by atoms with E-state index in [1.807, 2.05) is 6.07 Å². The van der Waals surface area contributed by atoms with Gasteiger partial charge in [0.15, 0.2) is 0 Å². The molecule has 1 aromatic heterocycles. The molecule has 1 atom stereocenters. The van der Waals surface area contributed by atoms with Crippen LogP contribution in [-0.4, -0.2) is 27.7 Å². The molecule has 9 nitrogen and oxygen atoms in total. The number of methoxy groups -OCH3 is 1. The minimum absolute atomic E-state index is 0.0103. The van der Waals surface area contributed by atoms with Crippen molar-refractivity contribution in [3.63, 3.8) is 0 Å². The minimum atomic E-state index is -0.916. The summed E-state index contributed by atoms with van der Waals surface area (Å²) in [5, 5.41) is 14.4. The van der Waals surface area contributed by atoms with Crippen LogP contribution in [0, 0.1) is 10.1 Å². The van der Waals surface area contributed by atoms with Crippen molar-refractivity contribution in [3.8, 4) is 6.01 Å². The number of para-hydroxylation sites is 1. The second-order valence-electron chi connectivity index (χ2n) is 6.05. The molecule has 0 spiro atoms. The Hall–Kier alpha value is -3.30. The van der Waals surface area contributed by atoms with Crippen molar-refractivity contribution in [1.29, 1.82) is 0 Å². The van der Waals surface area contributed by atoms with E-state index in [9.17, 15) is 14.9 Å². The Labute approximate surface area is 181 Å². The first-order valence-corrected chi connectivity index (χ1v) is 9.36. The Bertz CT molecular complexity index is 1060. The Balaban J connectivity index is 1.90. The minimum Gasteiger partial charge on any atom is -0.449 e. The molecular weight excluding hydrogens is 435 g/mol. The zero-order chi connectivity index (χ0) is 21.7. The third-order valence-corrected chi connectivity index (χ3v) is 4.60. The average Bonchev–Trinajstić information content (AvgIpc) is 3.11. The number of carbonyl (C=O) groups is 1. The van der Waals surface area contributed by atoms with E-state index in [2.05, 4.69) is 10.3 Å². The number of imidazole rings is 1. The first-order chi connectivity index (χ1) is 14.4. The number of aromatic nitrogens is 2. The molecule has 0 bridgehead atoms. The first-order valence-electron chi connectivity index (χ1n) is 8.60. The van der Waals surface area contributed by atoms with Crippen molar-refractivity contribution < 1.29 is 19.2 Å². The molecule has 1 amide bonds. The van der Waals surface area contributed by atoms with Crippen molar-refractivity contribution in [2.24, 2.45) is 0 Å². The highest BCUT2D eigenvalue weighted by atomic mass is 35.5. The second kappa shape index (κ2) is 9.47. The highest BCUT2D eigenvalue weighted by Gasteiger charge is 2.26. The molecule has 2 aromatic carbocycles. The van der Waals surface area contributed by atoms with E-state index in [4.69, 9.17) is 32.7 Å². The molecule has 0 fully saturated rings. The number of amides is 1. The van der Waals surface area contributed by atoms with E-state index < -0.39 is 22.9 Å². The summed E-state index contributed by atoms with van der Waals surface area (Å²) in [6.07, 6.45) is -0.458. The summed E-state index contributed by atoms with van der Waals surface area (Å²) >= 11 is 12.3. The Kier molecular flexibility index (Phi) is 6.76. The number of hydrogen-bond acceptors (Lipinski definition) is 6. The fourth-order valence-corrected chi connectivity index (χ4v) is 3.24. The predicted octanol–water partition coefficient (Wildman–Crippen LogP) is 5.10. The predicted molar refractivity (Wildman–Crippen MR) is 111 cm³/mol. The van der Waals surface area contributed by atoms with Crippen molar-refractivity contribution in [2.75, 3.05) is 12.4 Å². The topological polar surface area (TPSA) is 109 Å². The molecule has 3 aromatic rings. The molecule has 1 N–H and O–H groups in total. The number of ether oxygens (including phenoxy) is 2. The van der Waals surface area contributed by atoms with Gasteiger partial charge in [0, 0.05) is 26.3 Å². The summed E-state index contributed by atoms with van der Waals surface area (Å²) in [5.74, 6) is -0.401. The number of halogens is 2. The van der Waals surface area contributed by atoms with Gasteiger partial charge in [0.2, 0.25) is 0 Å². The third-order valence-electron chi connectivity index (χ3n) is 4.04. The standard InChI is InChI=1S/C19H16Cl2N4O5/c1-29-18-23-17(25(27)28)11-24(18)10-16(14-8-7-12(20)9-15(14)21)30-19(26)22-13-5-3-2-4-6-13/h2-9,11,16H,10H2,1H3,(H,22,26). The maximum absolute atomic E-state index is 12.5. The van der Waals surface area contributed by atoms with Gasteiger partial charge in [-0.05, 0) is 29.2 Å². The molecule has 11 heteroatoms. The number of benzene rings is 2. The Morgan fingerprint density at radius 1 is 1.27 bits per heavy atom. The molecule has 0 radical (unpaired) electrons. The van der Waals surface area contributed by atoms with E-state index in [-0.39, 0.29) is 17.6 Å². The highest BCUT2D eigenvalue weighted by molar-refractivity contribution is 6.35. The largest absolute Gasteiger partial charge is 0.449 e. The van der Waals surface area contributed by atoms with Gasteiger partial charge in [0.1, 0.15) is 12.3 Å². The van der Waals surface area contributed by atoms with E-state index in [1.165, 1.54) is 23.9 Å². The van der Waals surface area contributed by atoms with E-state index in [0.29, 0.717) is 16.3 Å². The Morgan fingerprint density at radius 2 is 2.00 bits per heavy atom. The van der Waals surface area contributed by atoms with E-state index in [0.717, 1.165) is 0 Å². The second-order valence-corrected chi connectivity index (χ2v) is 6.89. The van der Waals surface area contributed by atoms with Crippen LogP contribution in [0.1, 0.15) is 11.7 Å². The summed E-state index contributed by atoms with van der Waals surface area (Å²) in [5.41, 5.74) is 1.00. The SMILES string of the molecule is COc1nc([N+](=O)[O-])cn1CC(OC(=O)Nc1ccccc1)c1ccc(Cl)cc1Cl. The van der Waals surface area contributed by atoms with Crippen LogP contribution >= 0.6 is 23.2 Å². The monoisotopic (exact) mass is 450 g/mol. The lowest BCUT2D eigenvalue weighted by Crippen LogP contribution is -2.21. The quantitative estimate of drug-likeness (QED) is 0.396. The van der Waals surface area contributed by atoms with Gasteiger partial charge in [-0.3, -0.25) is 9.88 Å². The van der Waals surface area contributed by atoms with Crippen molar-refractivity contribution in [3.05, 3.63) is 80.5 Å². The molecule has 3 rings (SSSR count). The summed E-state index contributed by atoms with van der Waals surface area (Å²) in [6, 6.07) is 13.5. The molecule has 0 saturated heterocycles. The van der Waals surface area contributed by atoms with Crippen LogP contribution in [0.4, 0.5) is 16.3 Å². The number of rotatable bonds is 7. The molecule has 0 aliphatic heterocycles. The lowest BCUT2D eigenvalue weighted by Gasteiger charge is -2.20. The number of carbonyl (C=O) groups excluding carboxylic acids is 1. The van der Waals surface area contributed by atoms with Crippen LogP contribution in [-0.2, 0) is 11.3 Å². The lowest BCUT2D eigenvalue weighted by molar-refractivity contribution is -0.389. The highest BCUT2D eigenvalue weighted by Crippen LogP contribution is 2.31. The lowest BCUT2D eigenvalue weighted by atomic mass is 10.1. The number of nitrogens with zero attached hydrogens (tertiary/aromatic N) is 3. The van der Waals surface area contributed by atoms with Gasteiger partial charge in [-0.1, -0.05) is 47.5 Å². The molecule has 30 heavy (non-hydrogen) atoms. The van der Waals surface area contributed by atoms with Crippen LogP contribution < -0.4 is 10.1 Å². The van der Waals surface area contributed by atoms with Gasteiger partial charge >= 0.3 is 17.9 Å². The molecular formula is C19H16Cl2N4O5. The number of anilines is 1. The molecule has 0 aliphatic rings. The molecule has 0 aliphatic carbocycles. The summed E-state index contributed by atoms with van der Waals surface area (Å²) < 4.78 is 12.0. The number of hydrogen-bond donors (Lipinski definition) is 1. The normalized spacial score (nSPS) is 11.6. The van der Waals surface area contributed by atoms with Crippen molar-refractivity contribution >= 4 is 40.8 Å². The van der Waals surface area contributed by atoms with Gasteiger partial charge in [-0.15, -0.1) is 0 Å². The van der Waals surface area contributed by atoms with Crippen LogP contribution in [0.25, 0.3) is 0 Å². The van der Waals surface area contributed by atoms with Gasteiger partial charge in [-0.25, -0.2) is 4.79 Å². The van der Waals surface area contributed by atoms with Crippen molar-refractivity contribution in [2.45, 2.75) is 12.6 Å². The van der Waals surface area contributed by atoms with Gasteiger partial charge in [0.05, 0.1) is 13.7 Å². The molecule has 1 unspecified atom stereocenters. The van der Waals surface area contributed by atoms with Crippen LogP contribution in [0.2, 0.25) is 10.0 Å². The number of nitrogens with one attached hydrogen (secondary N) is 1. The summed E-state index contributed by atoms with van der Waals surface area (Å²) in [7, 11) is 1.33.